The van der Waals surface area contributed by atoms with Crippen molar-refractivity contribution in [3.63, 3.8) is 0 Å². The summed E-state index contributed by atoms with van der Waals surface area (Å²) in [4.78, 5) is 16.1. The molecule has 1 amide bonds. The van der Waals surface area contributed by atoms with Crippen LogP contribution in [0.15, 0.2) is 54.2 Å². The highest BCUT2D eigenvalue weighted by Gasteiger charge is 2.08. The number of nitrogens with one attached hydrogen (secondary N) is 1. The quantitative estimate of drug-likeness (QED) is 0.697. The smallest absolute Gasteiger partial charge is 0.262 e. The number of aromatic nitrogens is 1. The van der Waals surface area contributed by atoms with Crippen LogP contribution in [0.3, 0.4) is 0 Å². The molecule has 0 spiro atoms. The molecule has 1 aromatic carbocycles. The Bertz CT molecular complexity index is 688. The molecule has 0 aliphatic carbocycles. The first-order valence-electron chi connectivity index (χ1n) is 6.24. The van der Waals surface area contributed by atoms with Crippen molar-refractivity contribution in [1.82, 2.24) is 10.3 Å². The maximum Gasteiger partial charge on any atom is 0.262 e. The summed E-state index contributed by atoms with van der Waals surface area (Å²) in [5.74, 6) is -0.432. The van der Waals surface area contributed by atoms with Gasteiger partial charge in [0, 0.05) is 11.2 Å². The molecule has 0 aliphatic rings. The second-order valence-corrected chi connectivity index (χ2v) is 4.66. The molecule has 0 atom stereocenters. The van der Waals surface area contributed by atoms with E-state index in [9.17, 15) is 4.79 Å². The zero-order chi connectivity index (χ0) is 15.1. The fraction of sp³-hybridized carbons (Fsp3) is 0.0625. The van der Waals surface area contributed by atoms with Crippen LogP contribution in [0.2, 0.25) is 5.02 Å². The van der Waals surface area contributed by atoms with Gasteiger partial charge in [0.2, 0.25) is 0 Å². The van der Waals surface area contributed by atoms with E-state index in [2.05, 4.69) is 10.3 Å². The first kappa shape index (κ1) is 14.8. The lowest BCUT2D eigenvalue weighted by Crippen LogP contribution is -2.24. The molecule has 0 saturated heterocycles. The molecule has 0 bridgehead atoms. The number of nitriles is 1. The number of hydrogen-bond donors (Lipinski definition) is 1. The topological polar surface area (TPSA) is 65.8 Å². The lowest BCUT2D eigenvalue weighted by atomic mass is 10.1. The average Bonchev–Trinajstić information content (AvgIpc) is 2.53. The minimum Gasteiger partial charge on any atom is -0.346 e. The standard InChI is InChI=1S/C16H12ClN3O/c17-14-6-4-12(5-7-14)9-13(10-18)16(21)20-11-15-3-1-2-8-19-15/h1-9H,11H2,(H,20,21). The molecule has 0 aliphatic heterocycles. The maximum atomic E-state index is 12.0. The van der Waals surface area contributed by atoms with E-state index >= 15 is 0 Å². The minimum atomic E-state index is -0.432. The van der Waals surface area contributed by atoms with Gasteiger partial charge in [-0.05, 0) is 35.9 Å². The van der Waals surface area contributed by atoms with Gasteiger partial charge in [-0.3, -0.25) is 9.78 Å². The number of pyridine rings is 1. The summed E-state index contributed by atoms with van der Waals surface area (Å²) in [7, 11) is 0. The van der Waals surface area contributed by atoms with Gasteiger partial charge in [0.15, 0.2) is 0 Å². The summed E-state index contributed by atoms with van der Waals surface area (Å²) >= 11 is 5.79. The van der Waals surface area contributed by atoms with Crippen molar-refractivity contribution in [2.75, 3.05) is 0 Å². The molecule has 1 aromatic heterocycles. The first-order chi connectivity index (χ1) is 10.2. The molecule has 4 nitrogen and oxygen atoms in total. The summed E-state index contributed by atoms with van der Waals surface area (Å²) < 4.78 is 0. The van der Waals surface area contributed by atoms with Crippen LogP contribution < -0.4 is 5.32 Å². The number of benzene rings is 1. The molecule has 2 aromatic rings. The molecule has 5 heteroatoms. The molecular weight excluding hydrogens is 286 g/mol. The van der Waals surface area contributed by atoms with Crippen LogP contribution in [0.5, 0.6) is 0 Å². The molecule has 21 heavy (non-hydrogen) atoms. The summed E-state index contributed by atoms with van der Waals surface area (Å²) in [5, 5.41) is 12.4. The first-order valence-corrected chi connectivity index (χ1v) is 6.62. The number of hydrogen-bond acceptors (Lipinski definition) is 3. The maximum absolute atomic E-state index is 12.0. The Morgan fingerprint density at radius 3 is 2.67 bits per heavy atom. The lowest BCUT2D eigenvalue weighted by molar-refractivity contribution is -0.117. The van der Waals surface area contributed by atoms with Gasteiger partial charge in [-0.2, -0.15) is 5.26 Å². The molecule has 1 N–H and O–H groups in total. The molecule has 0 unspecified atom stereocenters. The van der Waals surface area contributed by atoms with Crippen molar-refractivity contribution < 1.29 is 4.79 Å². The molecule has 0 saturated carbocycles. The van der Waals surface area contributed by atoms with Gasteiger partial charge in [0.1, 0.15) is 11.6 Å². The van der Waals surface area contributed by atoms with Crippen LogP contribution >= 0.6 is 11.6 Å². The van der Waals surface area contributed by atoms with E-state index in [-0.39, 0.29) is 12.1 Å². The Hall–Kier alpha value is -2.64. The summed E-state index contributed by atoms with van der Waals surface area (Å²) in [6.07, 6.45) is 3.17. The van der Waals surface area contributed by atoms with Crippen molar-refractivity contribution >= 4 is 23.6 Å². The zero-order valence-electron chi connectivity index (χ0n) is 11.1. The third-order valence-electron chi connectivity index (χ3n) is 2.70. The van der Waals surface area contributed by atoms with Gasteiger partial charge < -0.3 is 5.32 Å². The number of nitrogens with zero attached hydrogens (tertiary/aromatic N) is 2. The number of carbonyl (C=O) groups excluding carboxylic acids is 1. The van der Waals surface area contributed by atoms with Gasteiger partial charge >= 0.3 is 0 Å². The third kappa shape index (κ3) is 4.44. The molecule has 2 rings (SSSR count). The van der Waals surface area contributed by atoms with Crippen LogP contribution in [0.1, 0.15) is 11.3 Å². The zero-order valence-corrected chi connectivity index (χ0v) is 11.8. The van der Waals surface area contributed by atoms with Crippen LogP contribution in [0, 0.1) is 11.3 Å². The van der Waals surface area contributed by atoms with E-state index in [4.69, 9.17) is 16.9 Å². The predicted octanol–water partition coefficient (Wildman–Crippen LogP) is 2.96. The summed E-state index contributed by atoms with van der Waals surface area (Å²) in [6.45, 7) is 0.277. The fourth-order valence-electron chi connectivity index (χ4n) is 1.64. The van der Waals surface area contributed by atoms with Crippen LogP contribution in [-0.4, -0.2) is 10.9 Å². The number of rotatable bonds is 4. The van der Waals surface area contributed by atoms with Crippen molar-refractivity contribution in [1.29, 1.82) is 5.26 Å². The summed E-state index contributed by atoms with van der Waals surface area (Å²) in [5.41, 5.74) is 1.51. The summed E-state index contributed by atoms with van der Waals surface area (Å²) in [6, 6.07) is 14.2. The Balaban J connectivity index is 2.05. The normalized spacial score (nSPS) is 10.8. The number of carbonyl (C=O) groups is 1. The lowest BCUT2D eigenvalue weighted by Gasteiger charge is -2.03. The Kier molecular flexibility index (Phi) is 5.08. The van der Waals surface area contributed by atoms with E-state index in [0.717, 1.165) is 11.3 Å². The largest absolute Gasteiger partial charge is 0.346 e. The number of amides is 1. The van der Waals surface area contributed by atoms with Crippen molar-refractivity contribution in [2.24, 2.45) is 0 Å². The van der Waals surface area contributed by atoms with Crippen LogP contribution in [-0.2, 0) is 11.3 Å². The van der Waals surface area contributed by atoms with Crippen molar-refractivity contribution in [3.05, 3.63) is 70.5 Å². The van der Waals surface area contributed by atoms with E-state index in [1.54, 1.807) is 42.6 Å². The Morgan fingerprint density at radius 2 is 2.05 bits per heavy atom. The van der Waals surface area contributed by atoms with E-state index in [1.807, 2.05) is 12.1 Å². The second-order valence-electron chi connectivity index (χ2n) is 4.23. The highest BCUT2D eigenvalue weighted by molar-refractivity contribution is 6.30. The van der Waals surface area contributed by atoms with Gasteiger partial charge in [0.25, 0.3) is 5.91 Å². The predicted molar refractivity (Wildman–Crippen MR) is 81.1 cm³/mol. The average molecular weight is 298 g/mol. The number of halogens is 1. The monoisotopic (exact) mass is 297 g/mol. The van der Waals surface area contributed by atoms with Crippen molar-refractivity contribution in [2.45, 2.75) is 6.54 Å². The Labute approximate surface area is 127 Å². The van der Waals surface area contributed by atoms with Crippen LogP contribution in [0.4, 0.5) is 0 Å². The highest BCUT2D eigenvalue weighted by atomic mass is 35.5. The van der Waals surface area contributed by atoms with E-state index in [1.165, 1.54) is 6.08 Å². The SMILES string of the molecule is N#CC(=Cc1ccc(Cl)cc1)C(=O)NCc1ccccn1. The molecule has 0 fully saturated rings. The molecule has 1 heterocycles. The second kappa shape index (κ2) is 7.22. The fourth-order valence-corrected chi connectivity index (χ4v) is 1.77. The van der Waals surface area contributed by atoms with E-state index < -0.39 is 5.91 Å². The third-order valence-corrected chi connectivity index (χ3v) is 2.95. The van der Waals surface area contributed by atoms with Gasteiger partial charge in [-0.25, -0.2) is 0 Å². The van der Waals surface area contributed by atoms with Crippen molar-refractivity contribution in [3.8, 4) is 6.07 Å². The highest BCUT2D eigenvalue weighted by Crippen LogP contribution is 2.12. The van der Waals surface area contributed by atoms with Gasteiger partial charge in [-0.1, -0.05) is 29.8 Å². The Morgan fingerprint density at radius 1 is 1.29 bits per heavy atom. The molecule has 104 valence electrons. The minimum absolute atomic E-state index is 0.0354. The van der Waals surface area contributed by atoms with Gasteiger partial charge in [-0.15, -0.1) is 0 Å². The molecular formula is C16H12ClN3O. The van der Waals surface area contributed by atoms with E-state index in [0.29, 0.717) is 5.02 Å². The van der Waals surface area contributed by atoms with Gasteiger partial charge in [0.05, 0.1) is 12.2 Å². The van der Waals surface area contributed by atoms with Crippen LogP contribution in [0.25, 0.3) is 6.08 Å². The molecule has 0 radical (unpaired) electrons.